The van der Waals surface area contributed by atoms with Crippen LogP contribution >= 0.6 is 0 Å². The molecule has 16 heavy (non-hydrogen) atoms. The van der Waals surface area contributed by atoms with E-state index in [1.807, 2.05) is 24.3 Å². The van der Waals surface area contributed by atoms with Gasteiger partial charge in [0.05, 0.1) is 12.5 Å². The highest BCUT2D eigenvalue weighted by Crippen LogP contribution is 2.51. The predicted octanol–water partition coefficient (Wildman–Crippen LogP) is 2.25. The smallest absolute Gasteiger partial charge is 0.304 e. The molecule has 1 atom stereocenters. The Kier molecular flexibility index (Phi) is 2.72. The molecular weight excluding hydrogens is 204 g/mol. The van der Waals surface area contributed by atoms with Gasteiger partial charge in [-0.1, -0.05) is 24.3 Å². The Labute approximate surface area is 94.7 Å². The SMILES string of the molecule is CC(O)c1cccc(C2(CC(=O)O)CC2)c1. The zero-order chi connectivity index (χ0) is 11.8. The summed E-state index contributed by atoms with van der Waals surface area (Å²) in [7, 11) is 0. The lowest BCUT2D eigenvalue weighted by molar-refractivity contribution is -0.137. The molecule has 1 aliphatic rings. The van der Waals surface area contributed by atoms with Crippen LogP contribution in [-0.4, -0.2) is 16.2 Å². The van der Waals surface area contributed by atoms with Crippen molar-refractivity contribution in [2.45, 2.75) is 37.7 Å². The number of carbonyl (C=O) groups is 1. The van der Waals surface area contributed by atoms with E-state index in [1.54, 1.807) is 6.92 Å². The van der Waals surface area contributed by atoms with Crippen LogP contribution in [0.25, 0.3) is 0 Å². The van der Waals surface area contributed by atoms with Crippen molar-refractivity contribution >= 4 is 5.97 Å². The summed E-state index contributed by atoms with van der Waals surface area (Å²) < 4.78 is 0. The molecule has 2 N–H and O–H groups in total. The fraction of sp³-hybridized carbons (Fsp3) is 0.462. The number of aliphatic hydroxyl groups is 1. The molecule has 0 amide bonds. The summed E-state index contributed by atoms with van der Waals surface area (Å²) in [6, 6.07) is 7.65. The van der Waals surface area contributed by atoms with E-state index in [2.05, 4.69) is 0 Å². The molecule has 86 valence electrons. The number of hydrogen-bond donors (Lipinski definition) is 2. The number of benzene rings is 1. The third kappa shape index (κ3) is 2.09. The fourth-order valence-electron chi connectivity index (χ4n) is 2.14. The first-order chi connectivity index (χ1) is 7.53. The Morgan fingerprint density at radius 1 is 1.50 bits per heavy atom. The van der Waals surface area contributed by atoms with Crippen molar-refractivity contribution in [3.8, 4) is 0 Å². The van der Waals surface area contributed by atoms with Crippen molar-refractivity contribution in [2.24, 2.45) is 0 Å². The highest BCUT2D eigenvalue weighted by atomic mass is 16.4. The van der Waals surface area contributed by atoms with Crippen molar-refractivity contribution in [3.05, 3.63) is 35.4 Å². The van der Waals surface area contributed by atoms with Crippen LogP contribution < -0.4 is 0 Å². The number of rotatable bonds is 4. The van der Waals surface area contributed by atoms with Gasteiger partial charge in [0, 0.05) is 5.41 Å². The summed E-state index contributed by atoms with van der Waals surface area (Å²) in [6.07, 6.45) is 1.56. The molecule has 0 saturated heterocycles. The molecule has 1 aromatic carbocycles. The standard InChI is InChI=1S/C13H16O3/c1-9(14)10-3-2-4-11(7-10)13(5-6-13)8-12(15)16/h2-4,7,9,14H,5-6,8H2,1H3,(H,15,16). The molecule has 0 radical (unpaired) electrons. The maximum Gasteiger partial charge on any atom is 0.304 e. The van der Waals surface area contributed by atoms with Crippen molar-refractivity contribution in [1.29, 1.82) is 0 Å². The van der Waals surface area contributed by atoms with E-state index < -0.39 is 12.1 Å². The predicted molar refractivity (Wildman–Crippen MR) is 60.2 cm³/mol. The van der Waals surface area contributed by atoms with Crippen molar-refractivity contribution in [3.63, 3.8) is 0 Å². The number of carboxylic acid groups (broad SMARTS) is 1. The highest BCUT2D eigenvalue weighted by Gasteiger charge is 2.45. The van der Waals surface area contributed by atoms with Crippen molar-refractivity contribution < 1.29 is 15.0 Å². The van der Waals surface area contributed by atoms with Crippen LogP contribution in [0.5, 0.6) is 0 Å². The summed E-state index contributed by atoms with van der Waals surface area (Å²) >= 11 is 0. The third-order valence-electron chi connectivity index (χ3n) is 3.32. The van der Waals surface area contributed by atoms with Crippen LogP contribution in [0, 0.1) is 0 Å². The summed E-state index contributed by atoms with van der Waals surface area (Å²) in [5.41, 5.74) is 1.74. The van der Waals surface area contributed by atoms with Crippen molar-refractivity contribution in [1.82, 2.24) is 0 Å². The molecule has 1 aliphatic carbocycles. The van der Waals surface area contributed by atoms with Gasteiger partial charge in [-0.2, -0.15) is 0 Å². The second-order valence-corrected chi connectivity index (χ2v) is 4.65. The lowest BCUT2D eigenvalue weighted by Gasteiger charge is -2.15. The monoisotopic (exact) mass is 220 g/mol. The van der Waals surface area contributed by atoms with Gasteiger partial charge in [-0.25, -0.2) is 0 Å². The zero-order valence-corrected chi connectivity index (χ0v) is 9.31. The maximum atomic E-state index is 10.8. The van der Waals surface area contributed by atoms with E-state index in [0.29, 0.717) is 0 Å². The van der Waals surface area contributed by atoms with Crippen LogP contribution in [-0.2, 0) is 10.2 Å². The number of hydrogen-bond acceptors (Lipinski definition) is 2. The second kappa shape index (κ2) is 3.91. The topological polar surface area (TPSA) is 57.5 Å². The molecule has 0 bridgehead atoms. The second-order valence-electron chi connectivity index (χ2n) is 4.65. The van der Waals surface area contributed by atoms with E-state index in [1.165, 1.54) is 0 Å². The lowest BCUT2D eigenvalue weighted by atomic mass is 9.90. The van der Waals surface area contributed by atoms with Gasteiger partial charge < -0.3 is 10.2 Å². The van der Waals surface area contributed by atoms with Gasteiger partial charge in [0.15, 0.2) is 0 Å². The number of carboxylic acids is 1. The Hall–Kier alpha value is -1.35. The molecule has 0 aromatic heterocycles. The molecule has 3 nitrogen and oxygen atoms in total. The Balaban J connectivity index is 2.27. The zero-order valence-electron chi connectivity index (χ0n) is 9.31. The third-order valence-corrected chi connectivity index (χ3v) is 3.32. The quantitative estimate of drug-likeness (QED) is 0.818. The maximum absolute atomic E-state index is 10.8. The fourth-order valence-corrected chi connectivity index (χ4v) is 2.14. The van der Waals surface area contributed by atoms with Gasteiger partial charge in [-0.15, -0.1) is 0 Å². The molecule has 0 spiro atoms. The molecule has 1 fully saturated rings. The average Bonchev–Trinajstić information content (AvgIpc) is 2.98. The molecule has 0 aliphatic heterocycles. The van der Waals surface area contributed by atoms with E-state index in [-0.39, 0.29) is 11.8 Å². The molecule has 2 rings (SSSR count). The Morgan fingerprint density at radius 3 is 2.69 bits per heavy atom. The number of aliphatic hydroxyl groups excluding tert-OH is 1. The largest absolute Gasteiger partial charge is 0.481 e. The first kappa shape index (κ1) is 11.1. The molecule has 1 unspecified atom stereocenters. The summed E-state index contributed by atoms with van der Waals surface area (Å²) in [6.45, 7) is 1.72. The van der Waals surface area contributed by atoms with Crippen LogP contribution in [0.3, 0.4) is 0 Å². The van der Waals surface area contributed by atoms with E-state index in [9.17, 15) is 9.90 Å². The Morgan fingerprint density at radius 2 is 2.19 bits per heavy atom. The van der Waals surface area contributed by atoms with Gasteiger partial charge >= 0.3 is 5.97 Å². The summed E-state index contributed by atoms with van der Waals surface area (Å²) in [5, 5.41) is 18.4. The van der Waals surface area contributed by atoms with E-state index >= 15 is 0 Å². The minimum Gasteiger partial charge on any atom is -0.481 e. The number of aliphatic carboxylic acids is 1. The van der Waals surface area contributed by atoms with Gasteiger partial charge in [0.25, 0.3) is 0 Å². The first-order valence-corrected chi connectivity index (χ1v) is 5.54. The van der Waals surface area contributed by atoms with E-state index in [4.69, 9.17) is 5.11 Å². The van der Waals surface area contributed by atoms with Crippen LogP contribution in [0.1, 0.15) is 43.4 Å². The summed E-state index contributed by atoms with van der Waals surface area (Å²) in [4.78, 5) is 10.8. The highest BCUT2D eigenvalue weighted by molar-refractivity contribution is 5.70. The van der Waals surface area contributed by atoms with Crippen LogP contribution in [0.2, 0.25) is 0 Å². The van der Waals surface area contributed by atoms with Gasteiger partial charge in [0.1, 0.15) is 0 Å². The normalized spacial score (nSPS) is 19.1. The Bertz CT molecular complexity index is 405. The molecular formula is C13H16O3. The van der Waals surface area contributed by atoms with Gasteiger partial charge in [0.2, 0.25) is 0 Å². The molecule has 1 aromatic rings. The van der Waals surface area contributed by atoms with Crippen molar-refractivity contribution in [2.75, 3.05) is 0 Å². The first-order valence-electron chi connectivity index (χ1n) is 5.54. The van der Waals surface area contributed by atoms with E-state index in [0.717, 1.165) is 24.0 Å². The lowest BCUT2D eigenvalue weighted by Crippen LogP contribution is -2.13. The molecule has 0 heterocycles. The molecule has 1 saturated carbocycles. The van der Waals surface area contributed by atoms with Gasteiger partial charge in [-0.3, -0.25) is 4.79 Å². The van der Waals surface area contributed by atoms with Crippen LogP contribution in [0.15, 0.2) is 24.3 Å². The molecule has 3 heteroatoms. The minimum absolute atomic E-state index is 0.170. The minimum atomic E-state index is -0.750. The summed E-state index contributed by atoms with van der Waals surface area (Å²) in [5.74, 6) is -0.750. The van der Waals surface area contributed by atoms with Crippen LogP contribution in [0.4, 0.5) is 0 Å². The van der Waals surface area contributed by atoms with Gasteiger partial charge in [-0.05, 0) is 30.9 Å². The average molecular weight is 220 g/mol.